The molecule has 124 valence electrons. The van der Waals surface area contributed by atoms with E-state index < -0.39 is 4.92 Å². The predicted octanol–water partition coefficient (Wildman–Crippen LogP) is 1.71. The Hall–Kier alpha value is -2.64. The molecule has 8 heteroatoms. The topological polar surface area (TPSA) is 108 Å². The number of carbonyl (C=O) groups excluding carboxylic acids is 1. The van der Waals surface area contributed by atoms with Crippen molar-refractivity contribution >= 4 is 18.0 Å². The molecule has 1 fully saturated rings. The van der Waals surface area contributed by atoms with Gasteiger partial charge in [0.05, 0.1) is 17.6 Å². The van der Waals surface area contributed by atoms with Crippen LogP contribution in [0.3, 0.4) is 0 Å². The number of nitro groups is 1. The molecule has 0 N–H and O–H groups in total. The smallest absolute Gasteiger partial charge is 0.409 e. The van der Waals surface area contributed by atoms with Crippen molar-refractivity contribution in [1.82, 2.24) is 4.90 Å². The van der Waals surface area contributed by atoms with Gasteiger partial charge in [-0.25, -0.2) is 4.79 Å². The van der Waals surface area contributed by atoms with Gasteiger partial charge < -0.3 is 14.7 Å². The van der Waals surface area contributed by atoms with Crippen LogP contribution in [0.15, 0.2) is 23.2 Å². The van der Waals surface area contributed by atoms with E-state index in [2.05, 4.69) is 4.99 Å². The first-order chi connectivity index (χ1) is 11.0. The molecule has 1 heterocycles. The molecule has 0 bridgehead atoms. The van der Waals surface area contributed by atoms with Gasteiger partial charge in [-0.15, -0.1) is 0 Å². The van der Waals surface area contributed by atoms with Gasteiger partial charge in [-0.2, -0.15) is 0 Å². The minimum Gasteiger partial charge on any atom is -0.872 e. The third-order valence-electron chi connectivity index (χ3n) is 3.62. The largest absolute Gasteiger partial charge is 0.872 e. The van der Waals surface area contributed by atoms with Crippen LogP contribution in [0.4, 0.5) is 10.5 Å². The van der Waals surface area contributed by atoms with E-state index in [0.29, 0.717) is 32.5 Å². The van der Waals surface area contributed by atoms with E-state index in [9.17, 15) is 20.0 Å². The van der Waals surface area contributed by atoms with Crippen molar-refractivity contribution in [3.8, 4) is 5.75 Å². The van der Waals surface area contributed by atoms with Crippen molar-refractivity contribution in [2.45, 2.75) is 25.8 Å². The van der Waals surface area contributed by atoms with Gasteiger partial charge in [-0.1, -0.05) is 11.8 Å². The van der Waals surface area contributed by atoms with Crippen LogP contribution in [0.2, 0.25) is 0 Å². The van der Waals surface area contributed by atoms with Crippen LogP contribution < -0.4 is 5.11 Å². The van der Waals surface area contributed by atoms with Crippen molar-refractivity contribution in [2.75, 3.05) is 19.7 Å². The average molecular weight is 320 g/mol. The van der Waals surface area contributed by atoms with Crippen molar-refractivity contribution in [3.63, 3.8) is 0 Å². The zero-order chi connectivity index (χ0) is 16.8. The summed E-state index contributed by atoms with van der Waals surface area (Å²) in [7, 11) is 0. The number of piperidine rings is 1. The maximum absolute atomic E-state index is 11.7. The van der Waals surface area contributed by atoms with Crippen molar-refractivity contribution < 1.29 is 19.6 Å². The molecular weight excluding hydrogens is 302 g/mol. The Kier molecular flexibility index (Phi) is 5.51. The first-order valence-corrected chi connectivity index (χ1v) is 7.41. The zero-order valence-corrected chi connectivity index (χ0v) is 12.8. The number of benzene rings is 1. The number of carbonyl (C=O) groups is 1. The Morgan fingerprint density at radius 1 is 1.48 bits per heavy atom. The quantitative estimate of drug-likeness (QED) is 0.476. The lowest BCUT2D eigenvalue weighted by atomic mass is 10.1. The van der Waals surface area contributed by atoms with E-state index in [1.165, 1.54) is 24.4 Å². The van der Waals surface area contributed by atoms with Crippen LogP contribution in [-0.2, 0) is 4.74 Å². The fourth-order valence-corrected chi connectivity index (χ4v) is 2.35. The normalized spacial score (nSPS) is 15.8. The second-order valence-electron chi connectivity index (χ2n) is 5.17. The van der Waals surface area contributed by atoms with Gasteiger partial charge in [-0.3, -0.25) is 15.1 Å². The van der Waals surface area contributed by atoms with Crippen LogP contribution in [-0.4, -0.2) is 47.9 Å². The second kappa shape index (κ2) is 7.57. The van der Waals surface area contributed by atoms with Crippen LogP contribution in [0.25, 0.3) is 0 Å². The highest BCUT2D eigenvalue weighted by atomic mass is 16.6. The van der Waals surface area contributed by atoms with Crippen LogP contribution in [0.5, 0.6) is 5.75 Å². The lowest BCUT2D eigenvalue weighted by Crippen LogP contribution is -2.40. The molecule has 0 radical (unpaired) electrons. The van der Waals surface area contributed by atoms with E-state index >= 15 is 0 Å². The van der Waals surface area contributed by atoms with Crippen molar-refractivity contribution in [1.29, 1.82) is 0 Å². The van der Waals surface area contributed by atoms with E-state index in [0.717, 1.165) is 0 Å². The Balaban J connectivity index is 1.96. The molecule has 0 aromatic heterocycles. The number of nitrogens with zero attached hydrogens (tertiary/aromatic N) is 3. The SMILES string of the molecule is CCOC(=O)N1CCC(N=Cc2cc([N+](=O)[O-])ccc2[O-])CC1. The molecule has 23 heavy (non-hydrogen) atoms. The molecule has 8 nitrogen and oxygen atoms in total. The highest BCUT2D eigenvalue weighted by Gasteiger charge is 2.22. The fourth-order valence-electron chi connectivity index (χ4n) is 2.35. The molecule has 0 aliphatic carbocycles. The predicted molar refractivity (Wildman–Crippen MR) is 81.8 cm³/mol. The molecule has 1 aliphatic rings. The van der Waals surface area contributed by atoms with E-state index in [-0.39, 0.29) is 29.1 Å². The standard InChI is InChI=1S/C15H19N3O5/c1-2-23-15(20)17-7-5-12(6-8-17)16-10-11-9-13(18(21)22)3-4-14(11)19/h3-4,9-10,12,19H,2,5-8H2,1H3/p-1. The number of aliphatic imine (C=N–C) groups is 1. The third-order valence-corrected chi connectivity index (χ3v) is 3.62. The lowest BCUT2D eigenvalue weighted by Gasteiger charge is -2.29. The van der Waals surface area contributed by atoms with Gasteiger partial charge >= 0.3 is 6.09 Å². The highest BCUT2D eigenvalue weighted by molar-refractivity contribution is 5.84. The summed E-state index contributed by atoms with van der Waals surface area (Å²) < 4.78 is 4.94. The molecule has 2 rings (SSSR count). The molecule has 0 unspecified atom stereocenters. The lowest BCUT2D eigenvalue weighted by molar-refractivity contribution is -0.385. The minimum atomic E-state index is -0.547. The van der Waals surface area contributed by atoms with Gasteiger partial charge in [0.15, 0.2) is 0 Å². The van der Waals surface area contributed by atoms with Crippen LogP contribution in [0.1, 0.15) is 25.3 Å². The van der Waals surface area contributed by atoms with Crippen molar-refractivity contribution in [3.05, 3.63) is 33.9 Å². The Labute approximate surface area is 133 Å². The van der Waals surface area contributed by atoms with Crippen LogP contribution >= 0.6 is 0 Å². The van der Waals surface area contributed by atoms with E-state index in [1.54, 1.807) is 11.8 Å². The Morgan fingerprint density at radius 3 is 2.78 bits per heavy atom. The minimum absolute atomic E-state index is 0.0145. The summed E-state index contributed by atoms with van der Waals surface area (Å²) >= 11 is 0. The molecule has 0 saturated carbocycles. The molecule has 1 aromatic rings. The number of hydrogen-bond acceptors (Lipinski definition) is 6. The molecule has 0 spiro atoms. The summed E-state index contributed by atoms with van der Waals surface area (Å²) in [5.41, 5.74) is 0.0650. The van der Waals surface area contributed by atoms with Gasteiger partial charge in [0, 0.05) is 31.4 Å². The third kappa shape index (κ3) is 4.41. The van der Waals surface area contributed by atoms with E-state index in [1.807, 2.05) is 0 Å². The molecule has 1 amide bonds. The first kappa shape index (κ1) is 16.7. The average Bonchev–Trinajstić information content (AvgIpc) is 2.54. The second-order valence-corrected chi connectivity index (χ2v) is 5.17. The van der Waals surface area contributed by atoms with Gasteiger partial charge in [0.2, 0.25) is 0 Å². The first-order valence-electron chi connectivity index (χ1n) is 7.41. The van der Waals surface area contributed by atoms with Crippen LogP contribution in [0, 0.1) is 10.1 Å². The summed E-state index contributed by atoms with van der Waals surface area (Å²) in [5.74, 6) is -0.302. The molecular formula is C15H18N3O5-. The zero-order valence-electron chi connectivity index (χ0n) is 12.8. The fraction of sp³-hybridized carbons (Fsp3) is 0.467. The highest BCUT2D eigenvalue weighted by Crippen LogP contribution is 2.20. The van der Waals surface area contributed by atoms with E-state index in [4.69, 9.17) is 4.74 Å². The summed E-state index contributed by atoms with van der Waals surface area (Å²) in [6.45, 7) is 3.19. The summed E-state index contributed by atoms with van der Waals surface area (Å²) in [6.07, 6.45) is 2.40. The number of likely N-dealkylation sites (tertiary alicyclic amines) is 1. The molecule has 1 saturated heterocycles. The van der Waals surface area contributed by atoms with Gasteiger partial charge in [-0.05, 0) is 25.3 Å². The number of ether oxygens (including phenoxy) is 1. The number of amides is 1. The maximum atomic E-state index is 11.7. The number of hydrogen-bond donors (Lipinski definition) is 0. The molecule has 0 atom stereocenters. The summed E-state index contributed by atoms with van der Waals surface area (Å²) in [4.78, 5) is 27.7. The maximum Gasteiger partial charge on any atom is 0.409 e. The molecule has 1 aliphatic heterocycles. The number of non-ortho nitro benzene ring substituents is 1. The van der Waals surface area contributed by atoms with Gasteiger partial charge in [0.1, 0.15) is 0 Å². The summed E-state index contributed by atoms with van der Waals surface area (Å²) in [5, 5.41) is 22.4. The van der Waals surface area contributed by atoms with Crippen molar-refractivity contribution in [2.24, 2.45) is 4.99 Å². The Morgan fingerprint density at radius 2 is 2.17 bits per heavy atom. The summed E-state index contributed by atoms with van der Waals surface area (Å²) in [6, 6.07) is 3.55. The number of rotatable bonds is 4. The van der Waals surface area contributed by atoms with Gasteiger partial charge in [0.25, 0.3) is 5.69 Å². The number of nitro benzene ring substituents is 1. The monoisotopic (exact) mass is 320 g/mol. The molecule has 1 aromatic carbocycles. The Bertz CT molecular complexity index is 609.